The van der Waals surface area contributed by atoms with Gasteiger partial charge >= 0.3 is 0 Å². The fourth-order valence-corrected chi connectivity index (χ4v) is 1.66. The van der Waals surface area contributed by atoms with Crippen molar-refractivity contribution in [3.63, 3.8) is 0 Å². The Morgan fingerprint density at radius 1 is 1.57 bits per heavy atom. The molecule has 0 saturated carbocycles. The van der Waals surface area contributed by atoms with Crippen LogP contribution in [0, 0.1) is 0 Å². The minimum Gasteiger partial charge on any atom is -0.392 e. The molecular formula is C8H7BrClF2NO. The molecule has 0 aliphatic rings. The predicted octanol–water partition coefficient (Wildman–Crippen LogP) is 3.06. The van der Waals surface area contributed by atoms with Crippen molar-refractivity contribution in [3.05, 3.63) is 28.0 Å². The highest BCUT2D eigenvalue weighted by molar-refractivity contribution is 9.08. The number of nitrogens with zero attached hydrogens (tertiary/aromatic N) is 1. The van der Waals surface area contributed by atoms with Gasteiger partial charge in [0.2, 0.25) is 0 Å². The van der Waals surface area contributed by atoms with E-state index in [9.17, 15) is 8.78 Å². The van der Waals surface area contributed by atoms with Crippen molar-refractivity contribution < 1.29 is 13.9 Å². The van der Waals surface area contributed by atoms with Gasteiger partial charge in [-0.15, -0.1) is 0 Å². The zero-order chi connectivity index (χ0) is 10.7. The average molecular weight is 287 g/mol. The van der Waals surface area contributed by atoms with Crippen LogP contribution in [0.3, 0.4) is 0 Å². The van der Waals surface area contributed by atoms with Gasteiger partial charge in [-0.1, -0.05) is 27.5 Å². The van der Waals surface area contributed by atoms with Crippen LogP contribution in [-0.4, -0.2) is 10.1 Å². The minimum atomic E-state index is -2.72. The molecule has 1 rings (SSSR count). The molecule has 0 amide bonds. The lowest BCUT2D eigenvalue weighted by Gasteiger charge is -2.09. The number of hydrogen-bond donors (Lipinski definition) is 1. The summed E-state index contributed by atoms with van der Waals surface area (Å²) in [6.45, 7) is -0.470. The first-order chi connectivity index (χ1) is 6.60. The van der Waals surface area contributed by atoms with Gasteiger partial charge in [0.15, 0.2) is 0 Å². The molecule has 0 saturated heterocycles. The van der Waals surface area contributed by atoms with E-state index in [1.165, 1.54) is 6.07 Å². The van der Waals surface area contributed by atoms with Gasteiger partial charge in [-0.2, -0.15) is 0 Å². The molecule has 0 bridgehead atoms. The molecule has 1 heterocycles. The van der Waals surface area contributed by atoms with Crippen LogP contribution in [0.5, 0.6) is 0 Å². The van der Waals surface area contributed by atoms with E-state index in [0.29, 0.717) is 11.0 Å². The molecule has 0 unspecified atom stereocenters. The van der Waals surface area contributed by atoms with Gasteiger partial charge in [0.25, 0.3) is 6.43 Å². The topological polar surface area (TPSA) is 33.1 Å². The molecule has 14 heavy (non-hydrogen) atoms. The largest absolute Gasteiger partial charge is 0.392 e. The summed E-state index contributed by atoms with van der Waals surface area (Å²) in [5.74, 6) is 0. The van der Waals surface area contributed by atoms with Crippen LogP contribution in [-0.2, 0) is 11.9 Å². The number of aliphatic hydroxyl groups is 1. The summed E-state index contributed by atoms with van der Waals surface area (Å²) in [5, 5.41) is 9.03. The zero-order valence-electron chi connectivity index (χ0n) is 6.98. The van der Waals surface area contributed by atoms with Crippen LogP contribution < -0.4 is 0 Å². The molecular weight excluding hydrogens is 279 g/mol. The van der Waals surface area contributed by atoms with Crippen LogP contribution in [0.25, 0.3) is 0 Å². The molecule has 6 heteroatoms. The average Bonchev–Trinajstić information content (AvgIpc) is 2.15. The fourth-order valence-electron chi connectivity index (χ4n) is 1.06. The monoisotopic (exact) mass is 285 g/mol. The summed E-state index contributed by atoms with van der Waals surface area (Å²) in [4.78, 5) is 3.75. The van der Waals surface area contributed by atoms with E-state index in [-0.39, 0.29) is 16.3 Å². The quantitative estimate of drug-likeness (QED) is 0.684. The molecule has 0 aliphatic carbocycles. The van der Waals surface area contributed by atoms with Gasteiger partial charge in [-0.3, -0.25) is 0 Å². The molecule has 0 spiro atoms. The molecule has 0 aromatic carbocycles. The van der Waals surface area contributed by atoms with Crippen molar-refractivity contribution in [2.24, 2.45) is 0 Å². The Bertz CT molecular complexity index is 335. The Morgan fingerprint density at radius 2 is 2.21 bits per heavy atom. The molecule has 0 atom stereocenters. The first kappa shape index (κ1) is 11.8. The number of alkyl halides is 3. The third kappa shape index (κ3) is 2.40. The maximum Gasteiger partial charge on any atom is 0.267 e. The highest BCUT2D eigenvalue weighted by atomic mass is 79.9. The Labute approximate surface area is 93.0 Å². The molecule has 1 aromatic heterocycles. The van der Waals surface area contributed by atoms with E-state index < -0.39 is 13.0 Å². The lowest BCUT2D eigenvalue weighted by molar-refractivity contribution is 0.146. The SMILES string of the molecule is OCc1cc(CBr)nc(Cl)c1C(F)F. The standard InChI is InChI=1S/C8H7BrClF2NO/c9-2-5-1-4(3-14)6(8(11)12)7(10)13-5/h1,8,14H,2-3H2. The van der Waals surface area contributed by atoms with Gasteiger partial charge in [0.1, 0.15) is 5.15 Å². The molecule has 78 valence electrons. The van der Waals surface area contributed by atoms with Gasteiger partial charge in [-0.05, 0) is 11.6 Å². The normalized spacial score (nSPS) is 11.0. The first-order valence-electron chi connectivity index (χ1n) is 3.73. The Kier molecular flexibility index (Phi) is 4.22. The van der Waals surface area contributed by atoms with Crippen LogP contribution in [0.1, 0.15) is 23.2 Å². The Hall–Kier alpha value is -0.260. The van der Waals surface area contributed by atoms with E-state index >= 15 is 0 Å². The highest BCUT2D eigenvalue weighted by Crippen LogP contribution is 2.30. The van der Waals surface area contributed by atoms with Crippen molar-refractivity contribution in [1.82, 2.24) is 4.98 Å². The Morgan fingerprint density at radius 3 is 2.64 bits per heavy atom. The van der Waals surface area contributed by atoms with E-state index in [2.05, 4.69) is 20.9 Å². The second-order valence-electron chi connectivity index (χ2n) is 2.57. The van der Waals surface area contributed by atoms with Crippen molar-refractivity contribution in [1.29, 1.82) is 0 Å². The van der Waals surface area contributed by atoms with E-state index in [1.54, 1.807) is 0 Å². The van der Waals surface area contributed by atoms with Crippen molar-refractivity contribution >= 4 is 27.5 Å². The summed E-state index contributed by atoms with van der Waals surface area (Å²) < 4.78 is 24.9. The fraction of sp³-hybridized carbons (Fsp3) is 0.375. The van der Waals surface area contributed by atoms with Gasteiger partial charge < -0.3 is 5.11 Å². The second-order valence-corrected chi connectivity index (χ2v) is 3.49. The lowest BCUT2D eigenvalue weighted by Crippen LogP contribution is -2.00. The predicted molar refractivity (Wildman–Crippen MR) is 52.8 cm³/mol. The second kappa shape index (κ2) is 5.00. The third-order valence-corrected chi connectivity index (χ3v) is 2.54. The number of halogens is 4. The van der Waals surface area contributed by atoms with Crippen molar-refractivity contribution in [2.75, 3.05) is 0 Å². The lowest BCUT2D eigenvalue weighted by atomic mass is 10.1. The molecule has 1 N–H and O–H groups in total. The highest BCUT2D eigenvalue weighted by Gasteiger charge is 2.18. The van der Waals surface area contributed by atoms with Crippen LogP contribution in [0.4, 0.5) is 8.78 Å². The third-order valence-electron chi connectivity index (χ3n) is 1.68. The van der Waals surface area contributed by atoms with Gasteiger partial charge in [-0.25, -0.2) is 13.8 Å². The number of rotatable bonds is 3. The van der Waals surface area contributed by atoms with Crippen LogP contribution in [0.2, 0.25) is 5.15 Å². The smallest absolute Gasteiger partial charge is 0.267 e. The minimum absolute atomic E-state index is 0.120. The van der Waals surface area contributed by atoms with E-state index in [4.69, 9.17) is 16.7 Å². The first-order valence-corrected chi connectivity index (χ1v) is 5.23. The maximum absolute atomic E-state index is 12.5. The maximum atomic E-state index is 12.5. The number of hydrogen-bond acceptors (Lipinski definition) is 2. The number of pyridine rings is 1. The van der Waals surface area contributed by atoms with Crippen molar-refractivity contribution in [2.45, 2.75) is 18.4 Å². The summed E-state index contributed by atoms with van der Waals surface area (Å²) in [7, 11) is 0. The zero-order valence-corrected chi connectivity index (χ0v) is 9.32. The summed E-state index contributed by atoms with van der Waals surface area (Å²) in [5.41, 5.74) is 0.247. The molecule has 2 nitrogen and oxygen atoms in total. The number of aromatic nitrogens is 1. The summed E-state index contributed by atoms with van der Waals surface area (Å²) in [6.07, 6.45) is -2.72. The molecule has 0 aliphatic heterocycles. The van der Waals surface area contributed by atoms with E-state index in [0.717, 1.165) is 0 Å². The number of aliphatic hydroxyl groups excluding tert-OH is 1. The van der Waals surface area contributed by atoms with Gasteiger partial charge in [0, 0.05) is 5.33 Å². The molecule has 0 fully saturated rings. The van der Waals surface area contributed by atoms with Crippen molar-refractivity contribution in [3.8, 4) is 0 Å². The summed E-state index contributed by atoms with van der Waals surface area (Å²) >= 11 is 8.69. The van der Waals surface area contributed by atoms with Gasteiger partial charge in [0.05, 0.1) is 17.9 Å². The molecule has 1 aromatic rings. The van der Waals surface area contributed by atoms with E-state index in [1.807, 2.05) is 0 Å². The van der Waals surface area contributed by atoms with Crippen LogP contribution in [0.15, 0.2) is 6.07 Å². The molecule has 0 radical (unpaired) electrons. The Balaban J connectivity index is 3.27. The summed E-state index contributed by atoms with van der Waals surface area (Å²) in [6, 6.07) is 1.40. The van der Waals surface area contributed by atoms with Crippen LogP contribution >= 0.6 is 27.5 Å².